The molecule has 6 nitrogen and oxygen atoms in total. The molecular weight excluding hydrogens is 316 g/mol. The van der Waals surface area contributed by atoms with Crippen molar-refractivity contribution in [1.82, 2.24) is 9.88 Å². The summed E-state index contributed by atoms with van der Waals surface area (Å²) >= 11 is 0. The van der Waals surface area contributed by atoms with E-state index in [2.05, 4.69) is 45.5 Å². The summed E-state index contributed by atoms with van der Waals surface area (Å²) in [6, 6.07) is 12.6. The van der Waals surface area contributed by atoms with E-state index < -0.39 is 0 Å². The van der Waals surface area contributed by atoms with Gasteiger partial charge < -0.3 is 14.5 Å². The molecule has 0 amide bonds. The molecule has 1 aromatic carbocycles. The fraction of sp³-hybridized carbons (Fsp3) is 0.474. The number of benzene rings is 1. The second-order valence-corrected chi connectivity index (χ2v) is 6.58. The van der Waals surface area contributed by atoms with E-state index in [-0.39, 0.29) is 5.92 Å². The maximum atomic E-state index is 9.33. The molecule has 1 saturated carbocycles. The summed E-state index contributed by atoms with van der Waals surface area (Å²) < 4.78 is 11.2. The molecule has 1 aliphatic carbocycles. The molecule has 0 bridgehead atoms. The van der Waals surface area contributed by atoms with Crippen LogP contribution in [0.3, 0.4) is 0 Å². The number of hydrogen-bond acceptors (Lipinski definition) is 6. The largest absolute Gasteiger partial charge is 0.424 e. The number of rotatable bonds is 6. The highest BCUT2D eigenvalue weighted by Gasteiger charge is 2.43. The molecule has 6 heteroatoms. The fourth-order valence-corrected chi connectivity index (χ4v) is 3.38. The van der Waals surface area contributed by atoms with Crippen LogP contribution in [-0.4, -0.2) is 49.3 Å². The quantitative estimate of drug-likeness (QED) is 0.872. The van der Waals surface area contributed by atoms with Crippen LogP contribution in [0.5, 0.6) is 0 Å². The summed E-state index contributed by atoms with van der Waals surface area (Å²) in [5, 5.41) is 12.6. The Kier molecular flexibility index (Phi) is 4.68. The first kappa shape index (κ1) is 16.1. The zero-order valence-electron chi connectivity index (χ0n) is 14.1. The Morgan fingerprint density at radius 2 is 2.00 bits per heavy atom. The fourth-order valence-electron chi connectivity index (χ4n) is 3.38. The highest BCUT2D eigenvalue weighted by Crippen LogP contribution is 2.54. The number of aromatic nitrogens is 1. The number of ether oxygens (including phenoxy) is 1. The van der Waals surface area contributed by atoms with E-state index in [1.807, 2.05) is 6.07 Å². The number of morpholine rings is 1. The van der Waals surface area contributed by atoms with Crippen molar-refractivity contribution in [2.24, 2.45) is 0 Å². The van der Waals surface area contributed by atoms with Crippen LogP contribution in [0.2, 0.25) is 0 Å². The molecule has 0 radical (unpaired) electrons. The Hall–Kier alpha value is -2.36. The molecule has 2 fully saturated rings. The van der Waals surface area contributed by atoms with Crippen LogP contribution in [0.15, 0.2) is 34.7 Å². The number of nitrogens with zero attached hydrogens (tertiary/aromatic N) is 3. The van der Waals surface area contributed by atoms with Gasteiger partial charge in [-0.15, -0.1) is 0 Å². The third-order valence-corrected chi connectivity index (χ3v) is 4.90. The molecule has 130 valence electrons. The second kappa shape index (κ2) is 7.26. The second-order valence-electron chi connectivity index (χ2n) is 6.58. The lowest BCUT2D eigenvalue weighted by atomic mass is 10.1. The molecule has 0 unspecified atom stereocenters. The van der Waals surface area contributed by atoms with E-state index in [0.29, 0.717) is 23.4 Å². The van der Waals surface area contributed by atoms with Crippen LogP contribution in [0.4, 0.5) is 5.88 Å². The van der Waals surface area contributed by atoms with Gasteiger partial charge in [0.1, 0.15) is 6.07 Å². The van der Waals surface area contributed by atoms with Gasteiger partial charge in [-0.25, -0.2) is 4.98 Å². The molecule has 2 heterocycles. The lowest BCUT2D eigenvalue weighted by molar-refractivity contribution is 0.0398. The Morgan fingerprint density at radius 1 is 1.20 bits per heavy atom. The number of nitrogens with one attached hydrogen (secondary N) is 1. The molecular formula is C19H22N4O2. The van der Waals surface area contributed by atoms with E-state index in [1.54, 1.807) is 0 Å². The van der Waals surface area contributed by atoms with Crippen molar-refractivity contribution >= 4 is 5.88 Å². The van der Waals surface area contributed by atoms with Crippen molar-refractivity contribution in [3.8, 4) is 6.07 Å². The van der Waals surface area contributed by atoms with Gasteiger partial charge in [-0.05, 0) is 17.9 Å². The van der Waals surface area contributed by atoms with Gasteiger partial charge >= 0.3 is 0 Å². The van der Waals surface area contributed by atoms with Gasteiger partial charge in [-0.2, -0.15) is 5.26 Å². The van der Waals surface area contributed by atoms with Gasteiger partial charge in [0.25, 0.3) is 0 Å². The van der Waals surface area contributed by atoms with Gasteiger partial charge in [0.2, 0.25) is 17.5 Å². The third-order valence-electron chi connectivity index (χ3n) is 4.90. The Labute approximate surface area is 147 Å². The van der Waals surface area contributed by atoms with E-state index >= 15 is 0 Å². The van der Waals surface area contributed by atoms with E-state index in [0.717, 1.165) is 45.8 Å². The molecule has 0 spiro atoms. The van der Waals surface area contributed by atoms with Crippen molar-refractivity contribution in [2.45, 2.75) is 18.3 Å². The Morgan fingerprint density at radius 3 is 2.76 bits per heavy atom. The number of hydrogen-bond donors (Lipinski definition) is 1. The molecule has 1 aliphatic heterocycles. The van der Waals surface area contributed by atoms with Crippen molar-refractivity contribution in [3.63, 3.8) is 0 Å². The van der Waals surface area contributed by atoms with Crippen LogP contribution in [0, 0.1) is 11.3 Å². The highest BCUT2D eigenvalue weighted by atomic mass is 16.5. The summed E-state index contributed by atoms with van der Waals surface area (Å²) in [6.45, 7) is 5.12. The van der Waals surface area contributed by atoms with Crippen molar-refractivity contribution in [3.05, 3.63) is 47.5 Å². The SMILES string of the molecule is N#Cc1nc([C@H]2C[C@H]2c2ccccc2)oc1NCCN1CCOCC1. The molecule has 2 atom stereocenters. The number of oxazole rings is 1. The number of nitriles is 1. The number of anilines is 1. The van der Waals surface area contributed by atoms with Gasteiger partial charge in [0, 0.05) is 32.1 Å². The minimum Gasteiger partial charge on any atom is -0.424 e. The standard InChI is InChI=1S/C19H22N4O2/c20-13-17-19(21-6-7-23-8-10-24-11-9-23)25-18(22-17)16-12-15(16)14-4-2-1-3-5-14/h1-5,15-16,21H,6-12H2/t15-,16-/m0/s1. The minimum atomic E-state index is 0.282. The minimum absolute atomic E-state index is 0.282. The highest BCUT2D eigenvalue weighted by molar-refractivity contribution is 5.46. The van der Waals surface area contributed by atoms with Crippen LogP contribution in [-0.2, 0) is 4.74 Å². The smallest absolute Gasteiger partial charge is 0.232 e. The Balaban J connectivity index is 1.36. The van der Waals surface area contributed by atoms with Crippen molar-refractivity contribution in [1.29, 1.82) is 5.26 Å². The van der Waals surface area contributed by atoms with E-state index in [4.69, 9.17) is 9.15 Å². The normalized spacial score (nSPS) is 23.2. The van der Waals surface area contributed by atoms with Gasteiger partial charge in [-0.1, -0.05) is 30.3 Å². The average molecular weight is 338 g/mol. The zero-order chi connectivity index (χ0) is 17.1. The Bertz CT molecular complexity index is 747. The monoisotopic (exact) mass is 338 g/mol. The topological polar surface area (TPSA) is 74.3 Å². The molecule has 1 N–H and O–H groups in total. The summed E-state index contributed by atoms with van der Waals surface area (Å²) in [4.78, 5) is 6.75. The predicted octanol–water partition coefficient (Wildman–Crippen LogP) is 2.56. The molecule has 25 heavy (non-hydrogen) atoms. The summed E-state index contributed by atoms with van der Waals surface area (Å²) in [7, 11) is 0. The van der Waals surface area contributed by atoms with Crippen LogP contribution in [0.25, 0.3) is 0 Å². The predicted molar refractivity (Wildman–Crippen MR) is 93.5 cm³/mol. The van der Waals surface area contributed by atoms with Crippen molar-refractivity contribution < 1.29 is 9.15 Å². The first-order valence-electron chi connectivity index (χ1n) is 8.85. The van der Waals surface area contributed by atoms with E-state index in [9.17, 15) is 5.26 Å². The van der Waals surface area contributed by atoms with Crippen LogP contribution in [0.1, 0.15) is 35.4 Å². The van der Waals surface area contributed by atoms with Gasteiger partial charge in [-0.3, -0.25) is 4.90 Å². The van der Waals surface area contributed by atoms with Gasteiger partial charge in [0.15, 0.2) is 0 Å². The lowest BCUT2D eigenvalue weighted by Crippen LogP contribution is -2.39. The molecule has 2 aromatic rings. The first-order valence-corrected chi connectivity index (χ1v) is 8.85. The maximum absolute atomic E-state index is 9.33. The summed E-state index contributed by atoms with van der Waals surface area (Å²) in [5.74, 6) is 1.92. The lowest BCUT2D eigenvalue weighted by Gasteiger charge is -2.26. The summed E-state index contributed by atoms with van der Waals surface area (Å²) in [6.07, 6.45) is 1.03. The summed E-state index contributed by atoms with van der Waals surface area (Å²) in [5.41, 5.74) is 1.67. The third kappa shape index (κ3) is 3.68. The molecule has 4 rings (SSSR count). The van der Waals surface area contributed by atoms with Crippen molar-refractivity contribution in [2.75, 3.05) is 44.7 Å². The van der Waals surface area contributed by atoms with Crippen LogP contribution >= 0.6 is 0 Å². The van der Waals surface area contributed by atoms with Gasteiger partial charge in [0.05, 0.1) is 13.2 Å². The maximum Gasteiger partial charge on any atom is 0.232 e. The first-order chi connectivity index (χ1) is 12.3. The average Bonchev–Trinajstić information content (AvgIpc) is 3.37. The van der Waals surface area contributed by atoms with E-state index in [1.165, 1.54) is 5.56 Å². The molecule has 1 saturated heterocycles. The molecule has 1 aromatic heterocycles. The zero-order valence-corrected chi connectivity index (χ0v) is 14.1. The molecule has 2 aliphatic rings. The van der Waals surface area contributed by atoms with Crippen LogP contribution < -0.4 is 5.32 Å².